The van der Waals surface area contributed by atoms with E-state index in [4.69, 9.17) is 21.9 Å². The molecule has 2 aromatic rings. The number of benzene rings is 1. The number of non-ortho nitro benzene ring substituents is 1. The molecule has 7 nitrogen and oxygen atoms in total. The summed E-state index contributed by atoms with van der Waals surface area (Å²) in [6.07, 6.45) is 3.72. The van der Waals surface area contributed by atoms with Crippen molar-refractivity contribution in [2.45, 2.75) is 31.2 Å². The van der Waals surface area contributed by atoms with E-state index in [1.165, 1.54) is 18.2 Å². The Labute approximate surface area is 137 Å². The summed E-state index contributed by atoms with van der Waals surface area (Å²) in [5.74, 6) is 0.686. The molecule has 1 fully saturated rings. The molecule has 1 aromatic carbocycles. The maximum atomic E-state index is 10.7. The highest BCUT2D eigenvalue weighted by atomic mass is 35.5. The lowest BCUT2D eigenvalue weighted by molar-refractivity contribution is -0.384. The third-order valence-corrected chi connectivity index (χ3v) is 4.07. The van der Waals surface area contributed by atoms with Crippen LogP contribution in [-0.4, -0.2) is 15.1 Å². The van der Waals surface area contributed by atoms with Gasteiger partial charge < -0.3 is 10.3 Å². The Hall–Kier alpha value is -1.70. The largest absolute Gasteiger partial charge is 0.334 e. The summed E-state index contributed by atoms with van der Waals surface area (Å²) in [4.78, 5) is 14.5. The smallest absolute Gasteiger partial charge is 0.270 e. The number of nitrogens with zero attached hydrogens (tertiary/aromatic N) is 3. The van der Waals surface area contributed by atoms with Gasteiger partial charge in [-0.15, -0.1) is 12.4 Å². The number of nitro benzene ring substituents is 1. The van der Waals surface area contributed by atoms with Crippen LogP contribution >= 0.6 is 24.0 Å². The monoisotopic (exact) mass is 344 g/mol. The molecule has 1 heterocycles. The molecule has 0 spiro atoms. The van der Waals surface area contributed by atoms with Crippen molar-refractivity contribution < 1.29 is 9.45 Å². The fourth-order valence-electron chi connectivity index (χ4n) is 2.56. The first kappa shape index (κ1) is 16.7. The van der Waals surface area contributed by atoms with Crippen LogP contribution in [0.1, 0.15) is 31.5 Å². The minimum absolute atomic E-state index is 0. The predicted molar refractivity (Wildman–Crippen MR) is 83.0 cm³/mol. The number of nitrogens with two attached hydrogens (primary N) is 1. The van der Waals surface area contributed by atoms with Crippen LogP contribution in [0.4, 0.5) is 5.69 Å². The number of rotatable bonds is 3. The van der Waals surface area contributed by atoms with Gasteiger partial charge in [0, 0.05) is 12.1 Å². The number of nitro groups is 1. The molecule has 0 aliphatic heterocycles. The zero-order valence-electron chi connectivity index (χ0n) is 11.5. The van der Waals surface area contributed by atoms with Crippen molar-refractivity contribution in [2.24, 2.45) is 5.73 Å². The zero-order chi connectivity index (χ0) is 15.0. The minimum atomic E-state index is -0.547. The highest BCUT2D eigenvalue weighted by Crippen LogP contribution is 2.36. The second-order valence-corrected chi connectivity index (χ2v) is 5.61. The number of aromatic nitrogens is 2. The normalized spacial score (nSPS) is 16.3. The molecule has 1 aliphatic rings. The van der Waals surface area contributed by atoms with Crippen molar-refractivity contribution in [3.8, 4) is 11.5 Å². The molecule has 0 bridgehead atoms. The summed E-state index contributed by atoms with van der Waals surface area (Å²) in [6.45, 7) is 0. The van der Waals surface area contributed by atoms with Gasteiger partial charge in [-0.25, -0.2) is 0 Å². The zero-order valence-corrected chi connectivity index (χ0v) is 13.1. The molecule has 118 valence electrons. The number of hydrogen-bond donors (Lipinski definition) is 1. The van der Waals surface area contributed by atoms with E-state index in [-0.39, 0.29) is 29.0 Å². The van der Waals surface area contributed by atoms with Crippen molar-refractivity contribution in [1.29, 1.82) is 0 Å². The Morgan fingerprint density at radius 2 is 2.05 bits per heavy atom. The van der Waals surface area contributed by atoms with E-state index < -0.39 is 10.5 Å². The Morgan fingerprint density at radius 1 is 1.36 bits per heavy atom. The van der Waals surface area contributed by atoms with Crippen LogP contribution in [0.5, 0.6) is 0 Å². The highest BCUT2D eigenvalue weighted by molar-refractivity contribution is 6.33. The van der Waals surface area contributed by atoms with Gasteiger partial charge in [-0.3, -0.25) is 10.1 Å². The first-order chi connectivity index (χ1) is 9.99. The maximum absolute atomic E-state index is 10.7. The third-order valence-electron chi connectivity index (χ3n) is 3.76. The van der Waals surface area contributed by atoms with Crippen molar-refractivity contribution in [3.05, 3.63) is 39.2 Å². The molecule has 0 amide bonds. The summed E-state index contributed by atoms with van der Waals surface area (Å²) in [6, 6.07) is 4.10. The Kier molecular flexibility index (Phi) is 4.69. The van der Waals surface area contributed by atoms with Gasteiger partial charge in [0.15, 0.2) is 5.82 Å². The van der Waals surface area contributed by atoms with Gasteiger partial charge in [-0.1, -0.05) is 29.6 Å². The summed E-state index contributed by atoms with van der Waals surface area (Å²) in [7, 11) is 0. The number of halogens is 2. The SMILES string of the molecule is Cl.NC1(c2noc(-c3ccc([N+](=O)[O-])cc3Cl)n2)CCCC1. The molecule has 22 heavy (non-hydrogen) atoms. The lowest BCUT2D eigenvalue weighted by atomic mass is 9.99. The molecule has 2 N–H and O–H groups in total. The van der Waals surface area contributed by atoms with Crippen LogP contribution in [0.3, 0.4) is 0 Å². The lowest BCUT2D eigenvalue weighted by Gasteiger charge is -2.17. The molecule has 9 heteroatoms. The second-order valence-electron chi connectivity index (χ2n) is 5.21. The number of hydrogen-bond acceptors (Lipinski definition) is 6. The standard InChI is InChI=1S/C13H13ClN4O3.ClH/c14-10-7-8(18(19)20)3-4-9(10)11-16-12(17-21-11)13(15)5-1-2-6-13;/h3-4,7H,1-2,5-6,15H2;1H. The van der Waals surface area contributed by atoms with Crippen LogP contribution in [-0.2, 0) is 5.54 Å². The Bertz CT molecular complexity index is 698. The molecule has 0 atom stereocenters. The lowest BCUT2D eigenvalue weighted by Crippen LogP contribution is -2.34. The summed E-state index contributed by atoms with van der Waals surface area (Å²) < 4.78 is 5.21. The summed E-state index contributed by atoms with van der Waals surface area (Å²) in [5.41, 5.74) is 6.09. The van der Waals surface area contributed by atoms with Crippen molar-refractivity contribution >= 4 is 29.7 Å². The van der Waals surface area contributed by atoms with E-state index in [2.05, 4.69) is 10.1 Å². The van der Waals surface area contributed by atoms with E-state index in [0.29, 0.717) is 11.4 Å². The molecule has 3 rings (SSSR count). The van der Waals surface area contributed by atoms with Gasteiger partial charge in [0.2, 0.25) is 0 Å². The first-order valence-electron chi connectivity index (χ1n) is 6.57. The summed E-state index contributed by atoms with van der Waals surface area (Å²) in [5, 5.41) is 14.8. The maximum Gasteiger partial charge on any atom is 0.270 e. The quantitative estimate of drug-likeness (QED) is 0.674. The Morgan fingerprint density at radius 3 is 2.64 bits per heavy atom. The van der Waals surface area contributed by atoms with Crippen LogP contribution in [0.15, 0.2) is 22.7 Å². The predicted octanol–water partition coefficient (Wildman–Crippen LogP) is 3.45. The van der Waals surface area contributed by atoms with Crippen molar-refractivity contribution in [1.82, 2.24) is 10.1 Å². The first-order valence-corrected chi connectivity index (χ1v) is 6.95. The molecule has 1 saturated carbocycles. The van der Waals surface area contributed by atoms with E-state index in [1.807, 2.05) is 0 Å². The van der Waals surface area contributed by atoms with Crippen LogP contribution in [0.2, 0.25) is 5.02 Å². The van der Waals surface area contributed by atoms with Crippen molar-refractivity contribution in [2.75, 3.05) is 0 Å². The summed E-state index contributed by atoms with van der Waals surface area (Å²) >= 11 is 6.05. The topological polar surface area (TPSA) is 108 Å². The van der Waals surface area contributed by atoms with E-state index in [0.717, 1.165) is 25.7 Å². The molecule has 0 unspecified atom stereocenters. The van der Waals surface area contributed by atoms with Crippen LogP contribution in [0, 0.1) is 10.1 Å². The average molecular weight is 345 g/mol. The van der Waals surface area contributed by atoms with Gasteiger partial charge in [-0.2, -0.15) is 4.98 Å². The van der Waals surface area contributed by atoms with E-state index >= 15 is 0 Å². The molecule has 1 aliphatic carbocycles. The van der Waals surface area contributed by atoms with E-state index in [1.54, 1.807) is 0 Å². The molecular weight excluding hydrogens is 331 g/mol. The van der Waals surface area contributed by atoms with Gasteiger partial charge in [0.1, 0.15) is 0 Å². The van der Waals surface area contributed by atoms with Crippen molar-refractivity contribution in [3.63, 3.8) is 0 Å². The second kappa shape index (κ2) is 6.20. The molecule has 1 aromatic heterocycles. The third kappa shape index (κ3) is 2.92. The molecule has 0 saturated heterocycles. The molecular formula is C13H14Cl2N4O3. The van der Waals surface area contributed by atoms with E-state index in [9.17, 15) is 10.1 Å². The van der Waals surface area contributed by atoms with Gasteiger partial charge in [0.25, 0.3) is 11.6 Å². The van der Waals surface area contributed by atoms with Gasteiger partial charge in [0.05, 0.1) is 21.0 Å². The fraction of sp³-hybridized carbons (Fsp3) is 0.385. The minimum Gasteiger partial charge on any atom is -0.334 e. The fourth-order valence-corrected chi connectivity index (χ4v) is 2.81. The highest BCUT2D eigenvalue weighted by Gasteiger charge is 2.36. The van der Waals surface area contributed by atoms with Gasteiger partial charge >= 0.3 is 0 Å². The van der Waals surface area contributed by atoms with Crippen LogP contribution < -0.4 is 5.73 Å². The molecule has 0 radical (unpaired) electrons. The van der Waals surface area contributed by atoms with Crippen LogP contribution in [0.25, 0.3) is 11.5 Å². The van der Waals surface area contributed by atoms with Gasteiger partial charge in [-0.05, 0) is 18.9 Å². The average Bonchev–Trinajstić information content (AvgIpc) is 3.08. The Balaban J connectivity index is 0.00000176.